The predicted molar refractivity (Wildman–Crippen MR) is 53.6 cm³/mol. The molecule has 0 aliphatic heterocycles. The second kappa shape index (κ2) is 7.79. The van der Waals surface area contributed by atoms with Gasteiger partial charge in [0, 0.05) is 6.61 Å². The van der Waals surface area contributed by atoms with Crippen molar-refractivity contribution in [3.05, 3.63) is 0 Å². The molecule has 0 rings (SSSR count). The Bertz CT molecular complexity index is 66.3. The molecule has 0 aromatic rings. The topological polar surface area (TPSA) is 20.2 Å². The van der Waals surface area contributed by atoms with E-state index in [1.165, 1.54) is 30.1 Å². The molecule has 1 N–H and O–H groups in total. The molecule has 62 valence electrons. The average Bonchev–Trinajstić information content (AvgIpc) is 1.98. The molecular formula is C8H17IO. The van der Waals surface area contributed by atoms with Gasteiger partial charge in [-0.25, -0.2) is 0 Å². The number of hydrogen-bond donors (Lipinski definition) is 1. The van der Waals surface area contributed by atoms with Gasteiger partial charge in [0.25, 0.3) is 0 Å². The zero-order valence-corrected chi connectivity index (χ0v) is 8.80. The van der Waals surface area contributed by atoms with Gasteiger partial charge in [-0.1, -0.05) is 42.4 Å². The van der Waals surface area contributed by atoms with Crippen molar-refractivity contribution < 1.29 is 5.11 Å². The summed E-state index contributed by atoms with van der Waals surface area (Å²) < 4.78 is 1.27. The molecule has 0 amide bonds. The zero-order chi connectivity index (χ0) is 7.82. The molecule has 2 heteroatoms. The van der Waals surface area contributed by atoms with Crippen LogP contribution in [0.1, 0.15) is 32.6 Å². The minimum atomic E-state index is 0.351. The van der Waals surface area contributed by atoms with E-state index in [9.17, 15) is 0 Å². The summed E-state index contributed by atoms with van der Waals surface area (Å²) >= 11 is 2.40. The van der Waals surface area contributed by atoms with Crippen LogP contribution in [0.5, 0.6) is 0 Å². The van der Waals surface area contributed by atoms with E-state index < -0.39 is 0 Å². The molecule has 1 unspecified atom stereocenters. The lowest BCUT2D eigenvalue weighted by Gasteiger charge is -2.05. The Balaban J connectivity index is 2.89. The van der Waals surface area contributed by atoms with Crippen molar-refractivity contribution >= 4 is 22.6 Å². The first-order valence-electron chi connectivity index (χ1n) is 3.98. The van der Waals surface area contributed by atoms with E-state index in [2.05, 4.69) is 29.5 Å². The van der Waals surface area contributed by atoms with E-state index in [0.29, 0.717) is 12.5 Å². The van der Waals surface area contributed by atoms with Crippen LogP contribution in [0, 0.1) is 5.92 Å². The van der Waals surface area contributed by atoms with E-state index in [-0.39, 0.29) is 0 Å². The third-order valence-electron chi connectivity index (χ3n) is 1.64. The second-order valence-corrected chi connectivity index (χ2v) is 3.90. The molecule has 0 saturated carbocycles. The van der Waals surface area contributed by atoms with E-state index in [0.717, 1.165) is 0 Å². The van der Waals surface area contributed by atoms with E-state index >= 15 is 0 Å². The van der Waals surface area contributed by atoms with Crippen LogP contribution < -0.4 is 0 Å². The Morgan fingerprint density at radius 3 is 2.50 bits per heavy atom. The van der Waals surface area contributed by atoms with Gasteiger partial charge in [-0.15, -0.1) is 0 Å². The van der Waals surface area contributed by atoms with Gasteiger partial charge in [-0.05, 0) is 23.2 Å². The average molecular weight is 256 g/mol. The summed E-state index contributed by atoms with van der Waals surface area (Å²) in [4.78, 5) is 0. The van der Waals surface area contributed by atoms with Crippen molar-refractivity contribution in [3.63, 3.8) is 0 Å². The summed E-state index contributed by atoms with van der Waals surface area (Å²) in [5.41, 5.74) is 0. The second-order valence-electron chi connectivity index (χ2n) is 2.83. The van der Waals surface area contributed by atoms with Gasteiger partial charge in [0.05, 0.1) is 0 Å². The Labute approximate surface area is 77.3 Å². The summed E-state index contributed by atoms with van der Waals surface area (Å²) in [6.45, 7) is 2.45. The minimum absolute atomic E-state index is 0.351. The van der Waals surface area contributed by atoms with Crippen LogP contribution in [0.2, 0.25) is 0 Å². The van der Waals surface area contributed by atoms with Crippen LogP contribution in [0.25, 0.3) is 0 Å². The highest BCUT2D eigenvalue weighted by Crippen LogP contribution is 2.08. The van der Waals surface area contributed by atoms with Crippen molar-refractivity contribution in [1.82, 2.24) is 0 Å². The van der Waals surface area contributed by atoms with Crippen LogP contribution >= 0.6 is 22.6 Å². The maximum atomic E-state index is 8.69. The summed E-state index contributed by atoms with van der Waals surface area (Å²) in [7, 11) is 0. The molecule has 0 spiro atoms. The summed E-state index contributed by atoms with van der Waals surface area (Å²) in [6, 6.07) is 0. The van der Waals surface area contributed by atoms with Gasteiger partial charge >= 0.3 is 0 Å². The normalized spacial score (nSPS) is 13.5. The van der Waals surface area contributed by atoms with Crippen LogP contribution in [-0.4, -0.2) is 16.1 Å². The van der Waals surface area contributed by atoms with Crippen LogP contribution in [0.15, 0.2) is 0 Å². The highest BCUT2D eigenvalue weighted by atomic mass is 127. The lowest BCUT2D eigenvalue weighted by Crippen LogP contribution is -1.99. The Morgan fingerprint density at radius 1 is 1.30 bits per heavy atom. The highest BCUT2D eigenvalue weighted by Gasteiger charge is 1.97. The molecule has 0 aromatic heterocycles. The summed E-state index contributed by atoms with van der Waals surface area (Å²) in [6.07, 6.45) is 5.13. The molecule has 1 atom stereocenters. The number of halogens is 1. The van der Waals surface area contributed by atoms with Crippen LogP contribution in [0.3, 0.4) is 0 Å². The van der Waals surface area contributed by atoms with Gasteiger partial charge in [0.1, 0.15) is 0 Å². The lowest BCUT2D eigenvalue weighted by atomic mass is 10.0. The molecule has 0 bridgehead atoms. The van der Waals surface area contributed by atoms with Gasteiger partial charge in [0.2, 0.25) is 0 Å². The molecule has 0 radical (unpaired) electrons. The number of aliphatic hydroxyl groups is 1. The van der Waals surface area contributed by atoms with Crippen molar-refractivity contribution in [3.8, 4) is 0 Å². The minimum Gasteiger partial charge on any atom is -0.396 e. The van der Waals surface area contributed by atoms with Gasteiger partial charge < -0.3 is 5.11 Å². The van der Waals surface area contributed by atoms with Crippen molar-refractivity contribution in [2.75, 3.05) is 11.0 Å². The van der Waals surface area contributed by atoms with Gasteiger partial charge in [0.15, 0.2) is 0 Å². The first-order chi connectivity index (χ1) is 4.81. The highest BCUT2D eigenvalue weighted by molar-refractivity contribution is 14.1. The molecule has 0 aliphatic rings. The Hall–Kier alpha value is 0.690. The fourth-order valence-electron chi connectivity index (χ4n) is 0.855. The smallest absolute Gasteiger partial charge is 0.0456 e. The first kappa shape index (κ1) is 10.7. The monoisotopic (exact) mass is 256 g/mol. The largest absolute Gasteiger partial charge is 0.396 e. The maximum absolute atomic E-state index is 8.69. The van der Waals surface area contributed by atoms with E-state index in [1.54, 1.807) is 0 Å². The standard InChI is InChI=1S/C8H17IO/c1-8(7-10)5-3-2-4-6-9/h8,10H,2-7H2,1H3. The number of alkyl halides is 1. The third-order valence-corrected chi connectivity index (χ3v) is 2.41. The fourth-order valence-corrected chi connectivity index (χ4v) is 1.39. The van der Waals surface area contributed by atoms with Gasteiger partial charge in [-0.3, -0.25) is 0 Å². The van der Waals surface area contributed by atoms with Crippen LogP contribution in [0.4, 0.5) is 0 Å². The lowest BCUT2D eigenvalue weighted by molar-refractivity contribution is 0.227. The number of rotatable bonds is 6. The Morgan fingerprint density at radius 2 is 2.00 bits per heavy atom. The predicted octanol–water partition coefficient (Wildman–Crippen LogP) is 2.61. The molecule has 0 saturated heterocycles. The summed E-state index contributed by atoms with van der Waals surface area (Å²) in [5, 5.41) is 8.69. The van der Waals surface area contributed by atoms with Crippen molar-refractivity contribution in [2.24, 2.45) is 5.92 Å². The maximum Gasteiger partial charge on any atom is 0.0456 e. The van der Waals surface area contributed by atoms with Crippen LogP contribution in [-0.2, 0) is 0 Å². The van der Waals surface area contributed by atoms with E-state index in [1.807, 2.05) is 0 Å². The quantitative estimate of drug-likeness (QED) is 0.440. The van der Waals surface area contributed by atoms with Gasteiger partial charge in [-0.2, -0.15) is 0 Å². The molecule has 0 aromatic carbocycles. The fraction of sp³-hybridized carbons (Fsp3) is 1.00. The van der Waals surface area contributed by atoms with Crippen molar-refractivity contribution in [1.29, 1.82) is 0 Å². The molecule has 0 heterocycles. The third kappa shape index (κ3) is 6.81. The molecule has 0 aliphatic carbocycles. The number of aliphatic hydroxyl groups excluding tert-OH is 1. The number of hydrogen-bond acceptors (Lipinski definition) is 1. The van der Waals surface area contributed by atoms with Crippen molar-refractivity contribution in [2.45, 2.75) is 32.6 Å². The zero-order valence-electron chi connectivity index (χ0n) is 6.65. The molecular weight excluding hydrogens is 239 g/mol. The Kier molecular flexibility index (Phi) is 8.33. The first-order valence-corrected chi connectivity index (χ1v) is 5.50. The summed E-state index contributed by atoms with van der Waals surface area (Å²) in [5.74, 6) is 0.509. The molecule has 1 nitrogen and oxygen atoms in total. The number of unbranched alkanes of at least 4 members (excludes halogenated alkanes) is 2. The van der Waals surface area contributed by atoms with E-state index in [4.69, 9.17) is 5.11 Å². The molecule has 0 fully saturated rings. The SMILES string of the molecule is CC(CO)CCCCCI. The molecule has 10 heavy (non-hydrogen) atoms.